The maximum atomic E-state index is 11.6. The summed E-state index contributed by atoms with van der Waals surface area (Å²) in [7, 11) is -7.24. The predicted molar refractivity (Wildman–Crippen MR) is 54.6 cm³/mol. The van der Waals surface area contributed by atoms with Gasteiger partial charge >= 0.3 is 17.7 Å². The first-order valence-corrected chi connectivity index (χ1v) is 7.48. The fourth-order valence-corrected chi connectivity index (χ4v) is 1.89. The molecular weight excluding hydrogens is 243 g/mol. The minimum atomic E-state index is -3.68. The molecule has 0 bridgehead atoms. The number of hydrogen-bond donors (Lipinski definition) is 0. The summed E-state index contributed by atoms with van der Waals surface area (Å²) >= 11 is 0. The summed E-state index contributed by atoms with van der Waals surface area (Å²) in [6, 6.07) is 0. The van der Waals surface area contributed by atoms with Crippen LogP contribution in [-0.2, 0) is 27.9 Å². The van der Waals surface area contributed by atoms with Crippen molar-refractivity contribution in [3.05, 3.63) is 0 Å². The van der Waals surface area contributed by atoms with E-state index in [1.165, 1.54) is 0 Å². The van der Waals surface area contributed by atoms with Gasteiger partial charge in [0.2, 0.25) is 0 Å². The predicted octanol–water partition coefficient (Wildman–Crippen LogP) is 1.15. The molecule has 0 amide bonds. The Hall–Kier alpha value is -0.540. The summed E-state index contributed by atoms with van der Waals surface area (Å²) in [6.45, 7) is 3.52. The lowest BCUT2D eigenvalue weighted by Gasteiger charge is -2.08. The topological polar surface area (TPSA) is 78.9 Å². The van der Waals surface area contributed by atoms with Gasteiger partial charge in [-0.2, -0.15) is 8.42 Å². The first-order chi connectivity index (χ1) is 6.83. The van der Waals surface area contributed by atoms with Crippen molar-refractivity contribution in [2.45, 2.75) is 13.8 Å². The first kappa shape index (κ1) is 14.5. The van der Waals surface area contributed by atoms with Gasteiger partial charge in [0.15, 0.2) is 0 Å². The molecule has 0 aromatic heterocycles. The van der Waals surface area contributed by atoms with Crippen LogP contribution in [0.25, 0.3) is 0 Å². The molecular formula is C7H13O6PS. The Labute approximate surface area is 89.6 Å². The van der Waals surface area contributed by atoms with Crippen molar-refractivity contribution in [1.82, 2.24) is 0 Å². The van der Waals surface area contributed by atoms with Crippen molar-refractivity contribution in [3.63, 3.8) is 0 Å². The van der Waals surface area contributed by atoms with Crippen LogP contribution >= 0.6 is 7.60 Å². The monoisotopic (exact) mass is 256 g/mol. The van der Waals surface area contributed by atoms with Gasteiger partial charge < -0.3 is 4.18 Å². The summed E-state index contributed by atoms with van der Waals surface area (Å²) in [5.74, 6) is 0. The lowest BCUT2D eigenvalue weighted by Crippen LogP contribution is -1.97. The minimum Gasteiger partial charge on any atom is -0.327 e. The van der Waals surface area contributed by atoms with Gasteiger partial charge in [-0.15, -0.1) is 0 Å². The lowest BCUT2D eigenvalue weighted by molar-refractivity contribution is 0.230. The van der Waals surface area contributed by atoms with E-state index < -0.39 is 17.7 Å². The fourth-order valence-electron chi connectivity index (χ4n) is 0.592. The summed E-state index contributed by atoms with van der Waals surface area (Å²) in [4.78, 5) is 0. The van der Waals surface area contributed by atoms with Crippen LogP contribution in [0.4, 0.5) is 0 Å². The van der Waals surface area contributed by atoms with Crippen molar-refractivity contribution >= 4 is 17.7 Å². The summed E-state index contributed by atoms with van der Waals surface area (Å²) in [5, 5.41) is 0. The van der Waals surface area contributed by atoms with Crippen LogP contribution in [0.5, 0.6) is 0 Å². The molecule has 8 heteroatoms. The molecule has 0 rings (SSSR count). The quantitative estimate of drug-likeness (QED) is 0.417. The molecule has 0 aliphatic rings. The highest BCUT2D eigenvalue weighted by atomic mass is 32.2. The molecule has 0 aromatic rings. The molecule has 0 aliphatic carbocycles. The smallest absolute Gasteiger partial charge is 0.327 e. The Morgan fingerprint density at radius 3 is 2.00 bits per heavy atom. The molecule has 0 radical (unpaired) electrons. The Kier molecular flexibility index (Phi) is 5.91. The first-order valence-electron chi connectivity index (χ1n) is 4.13. The summed E-state index contributed by atoms with van der Waals surface area (Å²) in [5.41, 5.74) is 2.01. The zero-order chi connectivity index (χ0) is 11.9. The standard InChI is InChI=1S/C7H13O6PS/c1-4-11-14(8,12-5-2)7-6-13-15(3,9)10/h4-5H2,1-3H3. The Morgan fingerprint density at radius 1 is 1.20 bits per heavy atom. The van der Waals surface area contributed by atoms with E-state index in [9.17, 15) is 13.0 Å². The van der Waals surface area contributed by atoms with Crippen LogP contribution in [0.15, 0.2) is 0 Å². The van der Waals surface area contributed by atoms with E-state index in [2.05, 4.69) is 4.18 Å². The average Bonchev–Trinajstić information content (AvgIpc) is 2.01. The molecule has 0 atom stereocenters. The number of hydrogen-bond acceptors (Lipinski definition) is 6. The molecule has 0 heterocycles. The third-order valence-electron chi connectivity index (χ3n) is 0.974. The van der Waals surface area contributed by atoms with Crippen LogP contribution < -0.4 is 0 Å². The second-order valence-electron chi connectivity index (χ2n) is 2.33. The SMILES string of the molecule is CCOP(=O)(C#COS(C)(=O)=O)OCC. The molecule has 0 N–H and O–H groups in total. The van der Waals surface area contributed by atoms with E-state index in [1.807, 2.05) is 5.66 Å². The molecule has 0 spiro atoms. The highest BCUT2D eigenvalue weighted by molar-refractivity contribution is 7.86. The van der Waals surface area contributed by atoms with E-state index >= 15 is 0 Å². The maximum Gasteiger partial charge on any atom is 0.408 e. The average molecular weight is 256 g/mol. The highest BCUT2D eigenvalue weighted by Crippen LogP contribution is 2.46. The Bertz CT molecular complexity index is 379. The zero-order valence-electron chi connectivity index (χ0n) is 8.72. The second kappa shape index (κ2) is 6.13. The van der Waals surface area contributed by atoms with Crippen molar-refractivity contribution in [2.75, 3.05) is 19.5 Å². The fraction of sp³-hybridized carbons (Fsp3) is 0.714. The van der Waals surface area contributed by atoms with E-state index in [4.69, 9.17) is 9.05 Å². The molecule has 6 nitrogen and oxygen atoms in total. The van der Waals surface area contributed by atoms with Crippen LogP contribution in [0.3, 0.4) is 0 Å². The summed E-state index contributed by atoms with van der Waals surface area (Å²) in [6.07, 6.45) is 2.61. The highest BCUT2D eigenvalue weighted by Gasteiger charge is 2.20. The van der Waals surface area contributed by atoms with Crippen molar-refractivity contribution in [3.8, 4) is 11.8 Å². The third-order valence-corrected chi connectivity index (χ3v) is 2.92. The molecule has 0 saturated carbocycles. The van der Waals surface area contributed by atoms with Crippen molar-refractivity contribution in [2.24, 2.45) is 0 Å². The van der Waals surface area contributed by atoms with Gasteiger partial charge in [0.05, 0.1) is 25.1 Å². The molecule has 88 valence electrons. The van der Waals surface area contributed by atoms with Gasteiger partial charge in [0, 0.05) is 0 Å². The van der Waals surface area contributed by atoms with E-state index in [0.29, 0.717) is 0 Å². The molecule has 0 fully saturated rings. The number of rotatable bonds is 5. The largest absolute Gasteiger partial charge is 0.408 e. The van der Waals surface area contributed by atoms with Gasteiger partial charge in [-0.1, -0.05) is 0 Å². The van der Waals surface area contributed by atoms with Gasteiger partial charge in [-0.25, -0.2) is 4.57 Å². The normalized spacial score (nSPS) is 11.7. The van der Waals surface area contributed by atoms with Gasteiger partial charge in [0.25, 0.3) is 0 Å². The van der Waals surface area contributed by atoms with E-state index in [-0.39, 0.29) is 13.2 Å². The van der Waals surface area contributed by atoms with E-state index in [0.717, 1.165) is 6.26 Å². The molecule has 15 heavy (non-hydrogen) atoms. The third kappa shape index (κ3) is 7.40. The molecule has 0 unspecified atom stereocenters. The van der Waals surface area contributed by atoms with Gasteiger partial charge in [0.1, 0.15) is 6.11 Å². The zero-order valence-corrected chi connectivity index (χ0v) is 10.4. The van der Waals surface area contributed by atoms with Crippen molar-refractivity contribution < 1.29 is 26.2 Å². The Morgan fingerprint density at radius 2 is 1.67 bits per heavy atom. The van der Waals surface area contributed by atoms with Crippen LogP contribution in [0, 0.1) is 11.8 Å². The van der Waals surface area contributed by atoms with Crippen molar-refractivity contribution in [1.29, 1.82) is 0 Å². The van der Waals surface area contributed by atoms with Gasteiger partial charge in [-0.05, 0) is 13.8 Å². The second-order valence-corrected chi connectivity index (χ2v) is 5.64. The Balaban J connectivity index is 4.61. The van der Waals surface area contributed by atoms with Crippen LogP contribution in [0.2, 0.25) is 0 Å². The minimum absolute atomic E-state index is 0.144. The lowest BCUT2D eigenvalue weighted by atomic mass is 10.9. The maximum absolute atomic E-state index is 11.6. The van der Waals surface area contributed by atoms with Gasteiger partial charge in [-0.3, -0.25) is 9.05 Å². The molecule has 0 aromatic carbocycles. The van der Waals surface area contributed by atoms with Crippen LogP contribution in [-0.4, -0.2) is 27.9 Å². The molecule has 0 aliphatic heterocycles. The van der Waals surface area contributed by atoms with Crippen LogP contribution in [0.1, 0.15) is 13.8 Å². The van der Waals surface area contributed by atoms with E-state index in [1.54, 1.807) is 20.0 Å². The summed E-state index contributed by atoms with van der Waals surface area (Å²) < 4.78 is 46.3. The molecule has 0 saturated heterocycles.